The summed E-state index contributed by atoms with van der Waals surface area (Å²) in [5, 5.41) is 0. The second-order valence-corrected chi connectivity index (χ2v) is 6.10. The molecule has 8 nitrogen and oxygen atoms in total. The van der Waals surface area contributed by atoms with Crippen LogP contribution in [0.1, 0.15) is 25.2 Å². The van der Waals surface area contributed by atoms with Gasteiger partial charge in [-0.15, -0.1) is 0 Å². The molecule has 144 valence electrons. The fraction of sp³-hybridized carbons (Fsp3) is 0.611. The van der Waals surface area contributed by atoms with Crippen molar-refractivity contribution in [2.75, 3.05) is 46.6 Å². The Hall–Kier alpha value is -2.19. The van der Waals surface area contributed by atoms with Crippen LogP contribution in [0.5, 0.6) is 5.75 Å². The van der Waals surface area contributed by atoms with Crippen LogP contribution in [0.2, 0.25) is 0 Å². The van der Waals surface area contributed by atoms with Crippen LogP contribution in [-0.2, 0) is 32.2 Å². The fourth-order valence-corrected chi connectivity index (χ4v) is 2.66. The van der Waals surface area contributed by atoms with E-state index in [2.05, 4.69) is 4.98 Å². The van der Waals surface area contributed by atoms with Crippen LogP contribution in [0.3, 0.4) is 0 Å². The summed E-state index contributed by atoms with van der Waals surface area (Å²) in [6.45, 7) is 6.48. The molecule has 0 aliphatic carbocycles. The minimum Gasteiger partial charge on any atom is -0.497 e. The molecule has 1 aromatic heterocycles. The first-order valence-corrected chi connectivity index (χ1v) is 8.70. The standard InChI is InChI=1S/C18H27N3O5/c1-14(22)20-4-6-25-8-9-26-7-5-21(15(2)23)13-17-11-18(24-3)10-16(12-20)19-17/h10-11H,4-9,12-13H2,1-3H3. The molecule has 0 unspecified atom stereocenters. The first kappa shape index (κ1) is 20.1. The van der Waals surface area contributed by atoms with E-state index in [1.54, 1.807) is 29.0 Å². The maximum absolute atomic E-state index is 11.9. The van der Waals surface area contributed by atoms with E-state index < -0.39 is 0 Å². The van der Waals surface area contributed by atoms with Crippen LogP contribution in [0.25, 0.3) is 0 Å². The summed E-state index contributed by atoms with van der Waals surface area (Å²) in [6.07, 6.45) is 0. The predicted molar refractivity (Wildman–Crippen MR) is 94.6 cm³/mol. The van der Waals surface area contributed by atoms with Crippen molar-refractivity contribution in [3.05, 3.63) is 23.5 Å². The zero-order valence-electron chi connectivity index (χ0n) is 15.7. The van der Waals surface area contributed by atoms with Crippen LogP contribution in [-0.4, -0.2) is 73.2 Å². The van der Waals surface area contributed by atoms with Crippen molar-refractivity contribution >= 4 is 11.8 Å². The van der Waals surface area contributed by atoms with Gasteiger partial charge >= 0.3 is 0 Å². The van der Waals surface area contributed by atoms with Crippen molar-refractivity contribution < 1.29 is 23.8 Å². The van der Waals surface area contributed by atoms with Crippen LogP contribution in [0, 0.1) is 0 Å². The lowest BCUT2D eigenvalue weighted by molar-refractivity contribution is -0.131. The molecule has 2 heterocycles. The lowest BCUT2D eigenvalue weighted by atomic mass is 10.2. The van der Waals surface area contributed by atoms with Gasteiger partial charge in [0.2, 0.25) is 11.8 Å². The molecule has 1 aliphatic heterocycles. The normalized spacial score (nSPS) is 17.2. The number of fused-ring (bicyclic) bond motifs is 2. The average molecular weight is 365 g/mol. The number of pyridine rings is 1. The number of carbonyl (C=O) groups excluding carboxylic acids is 2. The van der Waals surface area contributed by atoms with E-state index in [1.807, 2.05) is 0 Å². The lowest BCUT2D eigenvalue weighted by Crippen LogP contribution is -2.32. The Bertz CT molecular complexity index is 575. The molecule has 1 aliphatic rings. The monoisotopic (exact) mass is 365 g/mol. The van der Waals surface area contributed by atoms with Crippen molar-refractivity contribution in [1.29, 1.82) is 0 Å². The zero-order valence-corrected chi connectivity index (χ0v) is 15.7. The van der Waals surface area contributed by atoms with Gasteiger partial charge < -0.3 is 24.0 Å². The Morgan fingerprint density at radius 1 is 0.923 bits per heavy atom. The molecule has 26 heavy (non-hydrogen) atoms. The van der Waals surface area contributed by atoms with Gasteiger partial charge in [-0.3, -0.25) is 14.6 Å². The van der Waals surface area contributed by atoms with Crippen LogP contribution >= 0.6 is 0 Å². The minimum absolute atomic E-state index is 0.0503. The van der Waals surface area contributed by atoms with Crippen molar-refractivity contribution in [1.82, 2.24) is 14.8 Å². The first-order valence-electron chi connectivity index (χ1n) is 8.70. The third-order valence-electron chi connectivity index (χ3n) is 4.12. The zero-order chi connectivity index (χ0) is 18.9. The molecule has 0 saturated heterocycles. The van der Waals surface area contributed by atoms with Gasteiger partial charge in [-0.2, -0.15) is 0 Å². The Morgan fingerprint density at radius 2 is 1.38 bits per heavy atom. The molecule has 0 fully saturated rings. The summed E-state index contributed by atoms with van der Waals surface area (Å²) in [5.41, 5.74) is 1.42. The molecule has 2 rings (SSSR count). The smallest absolute Gasteiger partial charge is 0.219 e. The highest BCUT2D eigenvalue weighted by Crippen LogP contribution is 2.17. The summed E-state index contributed by atoms with van der Waals surface area (Å²) in [5.74, 6) is 0.546. The molecule has 2 amide bonds. The number of ether oxygens (including phenoxy) is 3. The molecular formula is C18H27N3O5. The first-order chi connectivity index (χ1) is 12.5. The van der Waals surface area contributed by atoms with Crippen molar-refractivity contribution in [2.24, 2.45) is 0 Å². The Balaban J connectivity index is 2.28. The predicted octanol–water partition coefficient (Wildman–Crippen LogP) is 0.834. The second kappa shape index (κ2) is 10.1. The third kappa shape index (κ3) is 6.27. The van der Waals surface area contributed by atoms with Gasteiger partial charge in [0.1, 0.15) is 5.75 Å². The number of amides is 2. The highest BCUT2D eigenvalue weighted by Gasteiger charge is 2.15. The van der Waals surface area contributed by atoms with Crippen molar-refractivity contribution in [3.8, 4) is 5.75 Å². The van der Waals surface area contributed by atoms with Crippen molar-refractivity contribution in [2.45, 2.75) is 26.9 Å². The largest absolute Gasteiger partial charge is 0.497 e. The SMILES string of the molecule is COc1cc2nc(c1)CN(C(C)=O)CCOCCOCCN(C(C)=O)C2. The molecule has 8 heteroatoms. The topological polar surface area (TPSA) is 81.2 Å². The highest BCUT2D eigenvalue weighted by molar-refractivity contribution is 5.73. The molecule has 2 bridgehead atoms. The number of carbonyl (C=O) groups is 2. The van der Waals surface area contributed by atoms with Gasteiger partial charge in [0.25, 0.3) is 0 Å². The number of hydrogen-bond acceptors (Lipinski definition) is 6. The fourth-order valence-electron chi connectivity index (χ4n) is 2.66. The summed E-state index contributed by atoms with van der Waals surface area (Å²) in [4.78, 5) is 31.8. The van der Waals surface area contributed by atoms with Crippen LogP contribution in [0.4, 0.5) is 0 Å². The molecular weight excluding hydrogens is 338 g/mol. The molecule has 0 N–H and O–H groups in total. The van der Waals surface area contributed by atoms with E-state index in [1.165, 1.54) is 13.8 Å². The van der Waals surface area contributed by atoms with E-state index in [0.717, 1.165) is 0 Å². The van der Waals surface area contributed by atoms with Gasteiger partial charge in [0, 0.05) is 39.1 Å². The molecule has 0 radical (unpaired) electrons. The summed E-state index contributed by atoms with van der Waals surface area (Å²) >= 11 is 0. The summed E-state index contributed by atoms with van der Waals surface area (Å²) in [6, 6.07) is 3.61. The quantitative estimate of drug-likeness (QED) is 0.733. The maximum atomic E-state index is 11.9. The van der Waals surface area contributed by atoms with E-state index in [9.17, 15) is 9.59 Å². The lowest BCUT2D eigenvalue weighted by Gasteiger charge is -2.22. The Morgan fingerprint density at radius 3 is 1.77 bits per heavy atom. The maximum Gasteiger partial charge on any atom is 0.219 e. The van der Waals surface area contributed by atoms with Gasteiger partial charge in [-0.1, -0.05) is 0 Å². The Labute approximate surface area is 154 Å². The van der Waals surface area contributed by atoms with Gasteiger partial charge in [0.05, 0.1) is 58.0 Å². The van der Waals surface area contributed by atoms with E-state index in [4.69, 9.17) is 14.2 Å². The molecule has 0 saturated carbocycles. The summed E-state index contributed by atoms with van der Waals surface area (Å²) < 4.78 is 16.4. The van der Waals surface area contributed by atoms with E-state index in [0.29, 0.717) is 69.7 Å². The average Bonchev–Trinajstić information content (AvgIpc) is 2.61. The van der Waals surface area contributed by atoms with E-state index >= 15 is 0 Å². The number of aromatic nitrogens is 1. The Kier molecular flexibility index (Phi) is 7.80. The van der Waals surface area contributed by atoms with Gasteiger partial charge in [-0.25, -0.2) is 0 Å². The number of methoxy groups -OCH3 is 1. The number of hydrogen-bond donors (Lipinski definition) is 0. The van der Waals surface area contributed by atoms with Gasteiger partial charge in [-0.05, 0) is 0 Å². The highest BCUT2D eigenvalue weighted by atomic mass is 16.5. The molecule has 0 aromatic carbocycles. The summed E-state index contributed by atoms with van der Waals surface area (Å²) in [7, 11) is 1.58. The third-order valence-corrected chi connectivity index (χ3v) is 4.12. The molecule has 0 atom stereocenters. The molecule has 0 spiro atoms. The van der Waals surface area contributed by atoms with Crippen LogP contribution in [0.15, 0.2) is 12.1 Å². The van der Waals surface area contributed by atoms with Crippen LogP contribution < -0.4 is 4.74 Å². The molecule has 1 aromatic rings. The van der Waals surface area contributed by atoms with E-state index in [-0.39, 0.29) is 11.8 Å². The second-order valence-electron chi connectivity index (χ2n) is 6.10. The van der Waals surface area contributed by atoms with Crippen molar-refractivity contribution in [3.63, 3.8) is 0 Å². The number of nitrogens with zero attached hydrogens (tertiary/aromatic N) is 3. The minimum atomic E-state index is -0.0503. The van der Waals surface area contributed by atoms with Gasteiger partial charge in [0.15, 0.2) is 0 Å². The number of rotatable bonds is 1.